The zero-order chi connectivity index (χ0) is 14.7. The molecule has 2 unspecified atom stereocenters. The molecule has 2 N–H and O–H groups in total. The highest BCUT2D eigenvalue weighted by Gasteiger charge is 2.40. The predicted octanol–water partition coefficient (Wildman–Crippen LogP) is 3.11. The lowest BCUT2D eigenvalue weighted by molar-refractivity contribution is 0.0289. The maximum absolute atomic E-state index is 10.5. The van der Waals surface area contributed by atoms with Gasteiger partial charge < -0.3 is 10.4 Å². The Morgan fingerprint density at radius 2 is 1.33 bits per heavy atom. The lowest BCUT2D eigenvalue weighted by Gasteiger charge is -2.38. The van der Waals surface area contributed by atoms with Crippen LogP contribution < -0.4 is 5.32 Å². The fourth-order valence-electron chi connectivity index (χ4n) is 3.01. The summed E-state index contributed by atoms with van der Waals surface area (Å²) in [6.45, 7) is 0. The van der Waals surface area contributed by atoms with Crippen LogP contribution in [0, 0.1) is 11.3 Å². The molecule has 21 heavy (non-hydrogen) atoms. The Balaban J connectivity index is 1.92. The third-order valence-corrected chi connectivity index (χ3v) is 4.10. The molecule has 1 aliphatic heterocycles. The molecule has 0 saturated carbocycles. The zero-order valence-electron chi connectivity index (χ0n) is 11.7. The van der Waals surface area contributed by atoms with E-state index in [-0.39, 0.29) is 12.1 Å². The van der Waals surface area contributed by atoms with Crippen molar-refractivity contribution in [3.63, 3.8) is 0 Å². The highest BCUT2D eigenvalue weighted by molar-refractivity contribution is 5.27. The molecule has 1 fully saturated rings. The Hall–Kier alpha value is -2.15. The fourth-order valence-corrected chi connectivity index (χ4v) is 3.01. The van der Waals surface area contributed by atoms with Crippen molar-refractivity contribution in [1.29, 1.82) is 5.26 Å². The molecule has 3 heteroatoms. The first-order valence-corrected chi connectivity index (χ1v) is 7.20. The van der Waals surface area contributed by atoms with Gasteiger partial charge in [-0.05, 0) is 11.1 Å². The Bertz CT molecular complexity index is 586. The number of benzene rings is 2. The molecule has 2 atom stereocenters. The molecule has 1 heterocycles. The number of nitriles is 1. The Kier molecular flexibility index (Phi) is 3.74. The van der Waals surface area contributed by atoms with Gasteiger partial charge in [-0.15, -0.1) is 0 Å². The highest BCUT2D eigenvalue weighted by atomic mass is 16.3. The molecule has 0 amide bonds. The van der Waals surface area contributed by atoms with Gasteiger partial charge in [0, 0.05) is 24.9 Å². The van der Waals surface area contributed by atoms with Gasteiger partial charge in [0.05, 0.1) is 6.07 Å². The van der Waals surface area contributed by atoms with Crippen LogP contribution in [0.2, 0.25) is 0 Å². The van der Waals surface area contributed by atoms with Gasteiger partial charge in [0.15, 0.2) is 5.60 Å². The van der Waals surface area contributed by atoms with Crippen molar-refractivity contribution in [1.82, 2.24) is 5.32 Å². The molecule has 0 radical (unpaired) electrons. The molecule has 1 aliphatic rings. The molecule has 3 rings (SSSR count). The lowest BCUT2D eigenvalue weighted by atomic mass is 9.80. The van der Waals surface area contributed by atoms with E-state index in [1.807, 2.05) is 60.7 Å². The third-order valence-electron chi connectivity index (χ3n) is 4.10. The maximum Gasteiger partial charge on any atom is 0.154 e. The summed E-state index contributed by atoms with van der Waals surface area (Å²) < 4.78 is 0. The van der Waals surface area contributed by atoms with Crippen LogP contribution in [0.25, 0.3) is 0 Å². The first kappa shape index (κ1) is 13.8. The molecule has 3 nitrogen and oxygen atoms in total. The van der Waals surface area contributed by atoms with E-state index in [9.17, 15) is 10.4 Å². The second-order valence-corrected chi connectivity index (χ2v) is 5.64. The van der Waals surface area contributed by atoms with Gasteiger partial charge >= 0.3 is 0 Å². The van der Waals surface area contributed by atoms with Gasteiger partial charge in [-0.25, -0.2) is 0 Å². The summed E-state index contributed by atoms with van der Waals surface area (Å²) in [5.41, 5.74) is 0.922. The molecule has 106 valence electrons. The van der Waals surface area contributed by atoms with Crippen molar-refractivity contribution in [3.05, 3.63) is 71.8 Å². The Morgan fingerprint density at radius 1 is 0.905 bits per heavy atom. The van der Waals surface area contributed by atoms with E-state index in [4.69, 9.17) is 0 Å². The molecule has 2 aromatic carbocycles. The number of hydrogen-bond donors (Lipinski definition) is 2. The van der Waals surface area contributed by atoms with Gasteiger partial charge in [0.25, 0.3) is 0 Å². The number of piperidine rings is 1. The minimum atomic E-state index is -1.29. The normalized spacial score (nSPS) is 28.8. The highest BCUT2D eigenvalue weighted by Crippen LogP contribution is 2.38. The second-order valence-electron chi connectivity index (χ2n) is 5.64. The van der Waals surface area contributed by atoms with Crippen molar-refractivity contribution >= 4 is 0 Å². The summed E-state index contributed by atoms with van der Waals surface area (Å²) in [6.07, 6.45) is 0.827. The first-order valence-electron chi connectivity index (χ1n) is 7.20. The van der Waals surface area contributed by atoms with E-state index in [0.717, 1.165) is 11.1 Å². The van der Waals surface area contributed by atoms with Crippen molar-refractivity contribution in [2.75, 3.05) is 0 Å². The van der Waals surface area contributed by atoms with Crippen LogP contribution in [-0.4, -0.2) is 10.7 Å². The van der Waals surface area contributed by atoms with Crippen molar-refractivity contribution in [2.45, 2.75) is 30.5 Å². The summed E-state index contributed by atoms with van der Waals surface area (Å²) in [5, 5.41) is 23.5. The largest absolute Gasteiger partial charge is 0.375 e. The quantitative estimate of drug-likeness (QED) is 0.830. The van der Waals surface area contributed by atoms with E-state index in [2.05, 4.69) is 11.4 Å². The lowest BCUT2D eigenvalue weighted by Crippen LogP contribution is -2.44. The number of rotatable bonds is 2. The van der Waals surface area contributed by atoms with Crippen LogP contribution in [0.1, 0.15) is 36.1 Å². The van der Waals surface area contributed by atoms with Crippen LogP contribution >= 0.6 is 0 Å². The predicted molar refractivity (Wildman–Crippen MR) is 81.3 cm³/mol. The Morgan fingerprint density at radius 3 is 1.71 bits per heavy atom. The minimum absolute atomic E-state index is 0.0187. The summed E-state index contributed by atoms with van der Waals surface area (Å²) in [6, 6.07) is 22.0. The SMILES string of the molecule is N#CC1(O)CC(c2ccccc2)NC(c2ccccc2)C1. The topological polar surface area (TPSA) is 56.0 Å². The summed E-state index contributed by atoms with van der Waals surface area (Å²) >= 11 is 0. The van der Waals surface area contributed by atoms with Crippen LogP contribution in [-0.2, 0) is 0 Å². The van der Waals surface area contributed by atoms with E-state index in [1.54, 1.807) is 0 Å². The molecule has 1 saturated heterocycles. The van der Waals surface area contributed by atoms with E-state index in [1.165, 1.54) is 0 Å². The van der Waals surface area contributed by atoms with Crippen molar-refractivity contribution < 1.29 is 5.11 Å². The second kappa shape index (κ2) is 5.69. The number of aliphatic hydroxyl groups is 1. The molecular formula is C18H18N2O. The number of nitrogens with one attached hydrogen (secondary N) is 1. The van der Waals surface area contributed by atoms with Gasteiger partial charge in [0.1, 0.15) is 0 Å². The summed E-state index contributed by atoms with van der Waals surface area (Å²) in [4.78, 5) is 0. The number of hydrogen-bond acceptors (Lipinski definition) is 3. The van der Waals surface area contributed by atoms with Crippen molar-refractivity contribution in [3.8, 4) is 6.07 Å². The fraction of sp³-hybridized carbons (Fsp3) is 0.278. The summed E-state index contributed by atoms with van der Waals surface area (Å²) in [7, 11) is 0. The third kappa shape index (κ3) is 2.97. The minimum Gasteiger partial charge on any atom is -0.375 e. The summed E-state index contributed by atoms with van der Waals surface area (Å²) in [5.74, 6) is 0. The van der Waals surface area contributed by atoms with Crippen molar-refractivity contribution in [2.24, 2.45) is 0 Å². The first-order chi connectivity index (χ1) is 10.2. The van der Waals surface area contributed by atoms with Crippen LogP contribution in [0.5, 0.6) is 0 Å². The molecule has 0 aromatic heterocycles. The smallest absolute Gasteiger partial charge is 0.154 e. The zero-order valence-corrected chi connectivity index (χ0v) is 11.7. The standard InChI is InChI=1S/C18H18N2O/c19-13-18(21)11-16(14-7-3-1-4-8-14)20-17(12-18)15-9-5-2-6-10-15/h1-10,16-17,20-21H,11-12H2. The Labute approximate surface area is 124 Å². The van der Waals surface area contributed by atoms with Crippen LogP contribution in [0.15, 0.2) is 60.7 Å². The molecule has 0 aliphatic carbocycles. The van der Waals surface area contributed by atoms with E-state index < -0.39 is 5.60 Å². The van der Waals surface area contributed by atoms with Gasteiger partial charge in [-0.1, -0.05) is 60.7 Å². The van der Waals surface area contributed by atoms with Gasteiger partial charge in [-0.3, -0.25) is 0 Å². The van der Waals surface area contributed by atoms with Gasteiger partial charge in [-0.2, -0.15) is 5.26 Å². The monoisotopic (exact) mass is 278 g/mol. The van der Waals surface area contributed by atoms with Crippen LogP contribution in [0.3, 0.4) is 0 Å². The molecule has 0 spiro atoms. The number of nitrogens with zero attached hydrogens (tertiary/aromatic N) is 1. The van der Waals surface area contributed by atoms with E-state index in [0.29, 0.717) is 12.8 Å². The molecular weight excluding hydrogens is 260 g/mol. The van der Waals surface area contributed by atoms with Gasteiger partial charge in [0.2, 0.25) is 0 Å². The molecule has 2 aromatic rings. The van der Waals surface area contributed by atoms with E-state index >= 15 is 0 Å². The molecule has 0 bridgehead atoms. The van der Waals surface area contributed by atoms with Crippen LogP contribution in [0.4, 0.5) is 0 Å². The maximum atomic E-state index is 10.5. The average Bonchev–Trinajstić information content (AvgIpc) is 2.56. The average molecular weight is 278 g/mol.